The average molecular weight is 495 g/mol. The Hall–Kier alpha value is -3.07. The van der Waals surface area contributed by atoms with E-state index in [4.69, 9.17) is 39.5 Å². The largest absolute Gasteiger partial charge is 0.470 e. The van der Waals surface area contributed by atoms with E-state index in [1.54, 1.807) is 42.7 Å². The molecule has 0 saturated carbocycles. The van der Waals surface area contributed by atoms with Crippen LogP contribution in [-0.2, 0) is 13.3 Å². The first-order chi connectivity index (χ1) is 15.4. The minimum Gasteiger partial charge on any atom is -0.470 e. The standard InChI is InChI=1S/C21H15Cl3FN5O2/c22-14-4-5-19(16(23)9-14)32-12-29-7-6-18(27-29)21(31)26-20-17(24)11-30(28-20)10-13-2-1-3-15(25)8-13/h1-9,11H,10,12H2,(H,26,28,31). The van der Waals surface area contributed by atoms with Crippen LogP contribution in [-0.4, -0.2) is 25.5 Å². The fourth-order valence-electron chi connectivity index (χ4n) is 2.84. The van der Waals surface area contributed by atoms with Crippen molar-refractivity contribution in [3.63, 3.8) is 0 Å². The van der Waals surface area contributed by atoms with Crippen molar-refractivity contribution in [3.8, 4) is 5.75 Å². The van der Waals surface area contributed by atoms with Crippen molar-refractivity contribution in [2.45, 2.75) is 13.3 Å². The maximum Gasteiger partial charge on any atom is 0.277 e. The molecule has 4 rings (SSSR count). The Morgan fingerprint density at radius 1 is 1.03 bits per heavy atom. The van der Waals surface area contributed by atoms with E-state index in [9.17, 15) is 9.18 Å². The molecule has 0 radical (unpaired) electrons. The molecule has 0 aliphatic rings. The number of nitrogens with zero attached hydrogens (tertiary/aromatic N) is 4. The van der Waals surface area contributed by atoms with E-state index >= 15 is 0 Å². The number of ether oxygens (including phenoxy) is 1. The molecular formula is C21H15Cl3FN5O2. The van der Waals surface area contributed by atoms with E-state index in [1.165, 1.54) is 27.6 Å². The number of carbonyl (C=O) groups excluding carboxylic acids is 1. The third-order valence-electron chi connectivity index (χ3n) is 4.30. The van der Waals surface area contributed by atoms with Gasteiger partial charge in [-0.15, -0.1) is 0 Å². The third kappa shape index (κ3) is 5.40. The number of aromatic nitrogens is 4. The molecule has 0 spiro atoms. The Morgan fingerprint density at radius 3 is 2.66 bits per heavy atom. The van der Waals surface area contributed by atoms with Crippen molar-refractivity contribution in [3.05, 3.63) is 93.1 Å². The van der Waals surface area contributed by atoms with Gasteiger partial charge in [0.2, 0.25) is 0 Å². The quantitative estimate of drug-likeness (QED) is 0.367. The first kappa shape index (κ1) is 22.1. The van der Waals surface area contributed by atoms with Crippen molar-refractivity contribution >= 4 is 46.5 Å². The fourth-order valence-corrected chi connectivity index (χ4v) is 3.50. The second-order valence-corrected chi connectivity index (χ2v) is 7.95. The van der Waals surface area contributed by atoms with Crippen molar-refractivity contribution in [2.24, 2.45) is 0 Å². The van der Waals surface area contributed by atoms with E-state index in [0.29, 0.717) is 27.9 Å². The number of carbonyl (C=O) groups is 1. The van der Waals surface area contributed by atoms with Gasteiger partial charge < -0.3 is 10.1 Å². The second kappa shape index (κ2) is 9.60. The highest BCUT2D eigenvalue weighted by molar-refractivity contribution is 6.35. The molecule has 1 amide bonds. The molecule has 1 N–H and O–H groups in total. The molecule has 0 aliphatic heterocycles. The molecular weight excluding hydrogens is 480 g/mol. The number of amides is 1. The Balaban J connectivity index is 1.38. The highest BCUT2D eigenvalue weighted by atomic mass is 35.5. The maximum absolute atomic E-state index is 13.4. The Kier molecular flexibility index (Phi) is 6.64. The predicted molar refractivity (Wildman–Crippen MR) is 120 cm³/mol. The van der Waals surface area contributed by atoms with Crippen LogP contribution in [0.1, 0.15) is 16.1 Å². The molecule has 0 aliphatic carbocycles. The van der Waals surface area contributed by atoms with Gasteiger partial charge in [0.1, 0.15) is 16.6 Å². The van der Waals surface area contributed by atoms with Crippen LogP contribution in [0.4, 0.5) is 10.2 Å². The molecule has 2 heterocycles. The lowest BCUT2D eigenvalue weighted by molar-refractivity contribution is 0.101. The van der Waals surface area contributed by atoms with Crippen LogP contribution in [0.2, 0.25) is 15.1 Å². The van der Waals surface area contributed by atoms with Gasteiger partial charge >= 0.3 is 0 Å². The van der Waals surface area contributed by atoms with Gasteiger partial charge in [-0.3, -0.25) is 9.48 Å². The SMILES string of the molecule is O=C(Nc1nn(Cc2cccc(F)c2)cc1Cl)c1ccn(COc2ccc(Cl)cc2Cl)n1. The normalized spacial score (nSPS) is 10.9. The fraction of sp³-hybridized carbons (Fsp3) is 0.0952. The number of anilines is 1. The molecule has 0 saturated heterocycles. The molecule has 2 aromatic heterocycles. The minimum atomic E-state index is -0.494. The average Bonchev–Trinajstić information content (AvgIpc) is 3.34. The lowest BCUT2D eigenvalue weighted by atomic mass is 10.2. The van der Waals surface area contributed by atoms with Gasteiger partial charge in [-0.05, 0) is 42.0 Å². The van der Waals surface area contributed by atoms with E-state index in [-0.39, 0.29) is 29.1 Å². The zero-order valence-corrected chi connectivity index (χ0v) is 18.6. The van der Waals surface area contributed by atoms with Crippen LogP contribution in [0.3, 0.4) is 0 Å². The molecule has 32 heavy (non-hydrogen) atoms. The summed E-state index contributed by atoms with van der Waals surface area (Å²) >= 11 is 18.1. The summed E-state index contributed by atoms with van der Waals surface area (Å²) in [4.78, 5) is 12.5. The molecule has 0 atom stereocenters. The van der Waals surface area contributed by atoms with Gasteiger partial charge in [-0.2, -0.15) is 10.2 Å². The first-order valence-corrected chi connectivity index (χ1v) is 10.4. The van der Waals surface area contributed by atoms with Crippen molar-refractivity contribution < 1.29 is 13.9 Å². The van der Waals surface area contributed by atoms with Crippen molar-refractivity contribution in [2.75, 3.05) is 5.32 Å². The minimum absolute atomic E-state index is 0.0393. The monoisotopic (exact) mass is 493 g/mol. The third-order valence-corrected chi connectivity index (χ3v) is 5.11. The maximum atomic E-state index is 13.4. The summed E-state index contributed by atoms with van der Waals surface area (Å²) in [5.41, 5.74) is 0.855. The van der Waals surface area contributed by atoms with Crippen LogP contribution in [0.15, 0.2) is 60.9 Å². The zero-order valence-electron chi connectivity index (χ0n) is 16.3. The topological polar surface area (TPSA) is 74.0 Å². The van der Waals surface area contributed by atoms with E-state index in [1.807, 2.05) is 0 Å². The van der Waals surface area contributed by atoms with E-state index < -0.39 is 5.91 Å². The molecule has 11 heteroatoms. The molecule has 0 unspecified atom stereocenters. The van der Waals surface area contributed by atoms with Crippen LogP contribution < -0.4 is 10.1 Å². The summed E-state index contributed by atoms with van der Waals surface area (Å²) < 4.78 is 21.9. The Morgan fingerprint density at radius 2 is 1.88 bits per heavy atom. The number of hydrogen-bond acceptors (Lipinski definition) is 4. The number of hydrogen-bond donors (Lipinski definition) is 1. The summed E-state index contributed by atoms with van der Waals surface area (Å²) in [6, 6.07) is 12.5. The second-order valence-electron chi connectivity index (χ2n) is 6.70. The van der Waals surface area contributed by atoms with Gasteiger partial charge in [-0.25, -0.2) is 9.07 Å². The number of halogens is 4. The molecule has 7 nitrogen and oxygen atoms in total. The van der Waals surface area contributed by atoms with E-state index in [0.717, 1.165) is 0 Å². The van der Waals surface area contributed by atoms with Crippen LogP contribution in [0.25, 0.3) is 0 Å². The van der Waals surface area contributed by atoms with E-state index in [2.05, 4.69) is 15.5 Å². The van der Waals surface area contributed by atoms with Gasteiger partial charge in [-0.1, -0.05) is 46.9 Å². The number of benzene rings is 2. The predicted octanol–water partition coefficient (Wildman–Crippen LogP) is 5.52. The first-order valence-electron chi connectivity index (χ1n) is 9.27. The van der Waals surface area contributed by atoms with Gasteiger partial charge in [0.25, 0.3) is 5.91 Å². The molecule has 164 valence electrons. The Bertz CT molecular complexity index is 1270. The summed E-state index contributed by atoms with van der Waals surface area (Å²) in [6.45, 7) is 0.338. The van der Waals surface area contributed by atoms with Gasteiger partial charge in [0, 0.05) is 17.4 Å². The summed E-state index contributed by atoms with van der Waals surface area (Å²) in [6.07, 6.45) is 3.13. The Labute approximate surface area is 197 Å². The highest BCUT2D eigenvalue weighted by Crippen LogP contribution is 2.27. The summed E-state index contributed by atoms with van der Waals surface area (Å²) in [7, 11) is 0. The highest BCUT2D eigenvalue weighted by Gasteiger charge is 2.15. The smallest absolute Gasteiger partial charge is 0.277 e. The lowest BCUT2D eigenvalue weighted by Gasteiger charge is -2.08. The molecule has 2 aromatic carbocycles. The van der Waals surface area contributed by atoms with Crippen LogP contribution >= 0.6 is 34.8 Å². The number of nitrogens with one attached hydrogen (secondary N) is 1. The summed E-state index contributed by atoms with van der Waals surface area (Å²) in [5, 5.41) is 12.1. The molecule has 0 fully saturated rings. The number of rotatable bonds is 7. The van der Waals surface area contributed by atoms with Crippen LogP contribution in [0.5, 0.6) is 5.75 Å². The summed E-state index contributed by atoms with van der Waals surface area (Å²) in [5.74, 6) is -0.224. The zero-order chi connectivity index (χ0) is 22.7. The van der Waals surface area contributed by atoms with Crippen molar-refractivity contribution in [1.82, 2.24) is 19.6 Å². The molecule has 0 bridgehead atoms. The van der Waals surface area contributed by atoms with Crippen LogP contribution in [0, 0.1) is 5.82 Å². The molecule has 4 aromatic rings. The van der Waals surface area contributed by atoms with Gasteiger partial charge in [0.15, 0.2) is 18.2 Å². The van der Waals surface area contributed by atoms with Gasteiger partial charge in [0.05, 0.1) is 11.6 Å². The lowest BCUT2D eigenvalue weighted by Crippen LogP contribution is -2.15. The van der Waals surface area contributed by atoms with Crippen molar-refractivity contribution in [1.29, 1.82) is 0 Å².